The Morgan fingerprint density at radius 2 is 1.85 bits per heavy atom. The molecule has 5 nitrogen and oxygen atoms in total. The van der Waals surface area contributed by atoms with E-state index in [-0.39, 0.29) is 25.0 Å². The number of carbonyl (C=O) groups is 2. The van der Waals surface area contributed by atoms with Crippen molar-refractivity contribution < 1.29 is 19.1 Å². The summed E-state index contributed by atoms with van der Waals surface area (Å²) in [7, 11) is 2.88. The molecule has 0 fully saturated rings. The van der Waals surface area contributed by atoms with E-state index in [1.54, 1.807) is 49.3 Å². The van der Waals surface area contributed by atoms with E-state index in [1.165, 1.54) is 7.11 Å². The van der Waals surface area contributed by atoms with E-state index in [1.807, 2.05) is 18.2 Å². The van der Waals surface area contributed by atoms with E-state index >= 15 is 0 Å². The van der Waals surface area contributed by atoms with Gasteiger partial charge in [-0.25, -0.2) is 0 Å². The Bertz CT molecular complexity index is 778. The molecule has 0 aliphatic carbocycles. The summed E-state index contributed by atoms with van der Waals surface area (Å²) >= 11 is 6.24. The smallest absolute Gasteiger partial charge is 0.310 e. The number of methoxy groups -OCH3 is 2. The van der Waals surface area contributed by atoms with Crippen LogP contribution in [0.15, 0.2) is 48.5 Å². The fraction of sp³-hybridized carbons (Fsp3) is 0.300. The molecule has 0 saturated carbocycles. The van der Waals surface area contributed by atoms with Crippen molar-refractivity contribution in [2.45, 2.75) is 13.5 Å². The van der Waals surface area contributed by atoms with Crippen molar-refractivity contribution in [2.24, 2.45) is 5.92 Å². The van der Waals surface area contributed by atoms with Crippen LogP contribution in [0.25, 0.3) is 0 Å². The highest BCUT2D eigenvalue weighted by atomic mass is 35.5. The zero-order valence-corrected chi connectivity index (χ0v) is 15.8. The third-order valence-corrected chi connectivity index (χ3v) is 4.39. The summed E-state index contributed by atoms with van der Waals surface area (Å²) in [5, 5.41) is 0.571. The van der Waals surface area contributed by atoms with Crippen molar-refractivity contribution in [2.75, 3.05) is 20.8 Å². The van der Waals surface area contributed by atoms with Crippen LogP contribution in [0.2, 0.25) is 5.02 Å². The molecule has 2 rings (SSSR count). The summed E-state index contributed by atoms with van der Waals surface area (Å²) in [6.07, 6.45) is 0. The van der Waals surface area contributed by atoms with Crippen LogP contribution in [-0.4, -0.2) is 37.5 Å². The van der Waals surface area contributed by atoms with Crippen LogP contribution >= 0.6 is 11.6 Å². The van der Waals surface area contributed by atoms with Gasteiger partial charge in [0, 0.05) is 23.7 Å². The first-order valence-corrected chi connectivity index (χ1v) is 8.58. The Labute approximate surface area is 158 Å². The average molecular weight is 376 g/mol. The SMILES string of the molecule is COC(=O)C(C)CN(Cc1ccccc1Cl)C(=O)c1cccc(OC)c1. The van der Waals surface area contributed by atoms with Crippen LogP contribution < -0.4 is 4.74 Å². The van der Waals surface area contributed by atoms with Gasteiger partial charge in [0.05, 0.1) is 20.1 Å². The minimum absolute atomic E-state index is 0.209. The van der Waals surface area contributed by atoms with Crippen LogP contribution in [0.1, 0.15) is 22.8 Å². The number of carbonyl (C=O) groups excluding carboxylic acids is 2. The van der Waals surface area contributed by atoms with Crippen molar-refractivity contribution in [1.82, 2.24) is 4.90 Å². The summed E-state index contributed by atoms with van der Waals surface area (Å²) < 4.78 is 9.98. The lowest BCUT2D eigenvalue weighted by Crippen LogP contribution is -2.37. The normalized spacial score (nSPS) is 11.5. The zero-order chi connectivity index (χ0) is 19.1. The third kappa shape index (κ3) is 4.99. The van der Waals surface area contributed by atoms with Gasteiger partial charge >= 0.3 is 5.97 Å². The second-order valence-corrected chi connectivity index (χ2v) is 6.34. The molecule has 0 aromatic heterocycles. The maximum atomic E-state index is 13.1. The van der Waals surface area contributed by atoms with Gasteiger partial charge in [-0.2, -0.15) is 0 Å². The lowest BCUT2D eigenvalue weighted by molar-refractivity contribution is -0.145. The quantitative estimate of drug-likeness (QED) is 0.691. The maximum Gasteiger partial charge on any atom is 0.310 e. The predicted molar refractivity (Wildman–Crippen MR) is 100 cm³/mol. The van der Waals surface area contributed by atoms with Crippen LogP contribution in [-0.2, 0) is 16.1 Å². The third-order valence-electron chi connectivity index (χ3n) is 4.02. The van der Waals surface area contributed by atoms with E-state index in [4.69, 9.17) is 21.1 Å². The van der Waals surface area contributed by atoms with Gasteiger partial charge in [0.1, 0.15) is 5.75 Å². The summed E-state index contributed by atoms with van der Waals surface area (Å²) in [5.74, 6) is -0.446. The molecule has 0 saturated heterocycles. The number of benzene rings is 2. The number of esters is 1. The van der Waals surface area contributed by atoms with Crippen LogP contribution in [0.3, 0.4) is 0 Å². The molecule has 0 radical (unpaired) electrons. The second kappa shape index (κ2) is 9.25. The monoisotopic (exact) mass is 375 g/mol. The van der Waals surface area contributed by atoms with Gasteiger partial charge in [0.15, 0.2) is 0 Å². The molecule has 0 N–H and O–H groups in total. The Kier molecular flexibility index (Phi) is 7.04. The summed E-state index contributed by atoms with van der Waals surface area (Å²) in [6, 6.07) is 14.2. The average Bonchev–Trinajstić information content (AvgIpc) is 2.67. The van der Waals surface area contributed by atoms with Gasteiger partial charge < -0.3 is 14.4 Å². The van der Waals surface area contributed by atoms with Crippen molar-refractivity contribution >= 4 is 23.5 Å². The Hall–Kier alpha value is -2.53. The second-order valence-electron chi connectivity index (χ2n) is 5.93. The highest BCUT2D eigenvalue weighted by molar-refractivity contribution is 6.31. The van der Waals surface area contributed by atoms with Gasteiger partial charge in [-0.05, 0) is 29.8 Å². The Balaban J connectivity index is 2.30. The summed E-state index contributed by atoms with van der Waals surface area (Å²) in [4.78, 5) is 26.5. The topological polar surface area (TPSA) is 55.8 Å². The van der Waals surface area contributed by atoms with Gasteiger partial charge in [-0.1, -0.05) is 42.8 Å². The number of amides is 1. The van der Waals surface area contributed by atoms with Crippen LogP contribution in [0.5, 0.6) is 5.75 Å². The highest BCUT2D eigenvalue weighted by Crippen LogP contribution is 2.21. The fourth-order valence-electron chi connectivity index (χ4n) is 2.60. The first-order chi connectivity index (χ1) is 12.5. The van der Waals surface area contributed by atoms with E-state index in [9.17, 15) is 9.59 Å². The fourth-order valence-corrected chi connectivity index (χ4v) is 2.79. The zero-order valence-electron chi connectivity index (χ0n) is 15.1. The van der Waals surface area contributed by atoms with Crippen molar-refractivity contribution in [3.8, 4) is 5.75 Å². The molecule has 26 heavy (non-hydrogen) atoms. The standard InChI is InChI=1S/C20H22ClNO4/c1-14(20(24)26-3)12-22(13-16-7-4-5-10-18(16)21)19(23)15-8-6-9-17(11-15)25-2/h4-11,14H,12-13H2,1-3H3. The summed E-state index contributed by atoms with van der Waals surface area (Å²) in [5.41, 5.74) is 1.29. The van der Waals surface area contributed by atoms with E-state index < -0.39 is 5.92 Å². The molecule has 0 spiro atoms. The van der Waals surface area contributed by atoms with E-state index in [0.717, 1.165) is 5.56 Å². The molecule has 0 aliphatic heterocycles. The molecule has 1 amide bonds. The van der Waals surface area contributed by atoms with Crippen LogP contribution in [0.4, 0.5) is 0 Å². The van der Waals surface area contributed by atoms with Crippen molar-refractivity contribution in [3.05, 3.63) is 64.7 Å². The van der Waals surface area contributed by atoms with Gasteiger partial charge in [-0.3, -0.25) is 9.59 Å². The van der Waals surface area contributed by atoms with Gasteiger partial charge in [0.2, 0.25) is 0 Å². The lowest BCUT2D eigenvalue weighted by Gasteiger charge is -2.26. The Morgan fingerprint density at radius 3 is 2.50 bits per heavy atom. The largest absolute Gasteiger partial charge is 0.497 e. The highest BCUT2D eigenvalue weighted by Gasteiger charge is 2.23. The first-order valence-electron chi connectivity index (χ1n) is 8.20. The van der Waals surface area contributed by atoms with E-state index in [2.05, 4.69) is 0 Å². The molecular formula is C20H22ClNO4. The van der Waals surface area contributed by atoms with Crippen molar-refractivity contribution in [3.63, 3.8) is 0 Å². The molecule has 6 heteroatoms. The molecule has 2 aromatic rings. The molecule has 1 atom stereocenters. The minimum atomic E-state index is -0.461. The number of hydrogen-bond acceptors (Lipinski definition) is 4. The maximum absolute atomic E-state index is 13.1. The number of hydrogen-bond donors (Lipinski definition) is 0. The molecule has 1 unspecified atom stereocenters. The number of rotatable bonds is 7. The molecule has 0 heterocycles. The lowest BCUT2D eigenvalue weighted by atomic mass is 10.1. The Morgan fingerprint density at radius 1 is 1.12 bits per heavy atom. The predicted octanol–water partition coefficient (Wildman–Crippen LogP) is 3.80. The molecule has 0 bridgehead atoms. The number of halogens is 1. The molecule has 138 valence electrons. The van der Waals surface area contributed by atoms with E-state index in [0.29, 0.717) is 16.3 Å². The van der Waals surface area contributed by atoms with Crippen LogP contribution in [0, 0.1) is 5.92 Å². The van der Waals surface area contributed by atoms with Gasteiger partial charge in [-0.15, -0.1) is 0 Å². The van der Waals surface area contributed by atoms with Crippen molar-refractivity contribution in [1.29, 1.82) is 0 Å². The summed E-state index contributed by atoms with van der Waals surface area (Å²) in [6.45, 7) is 2.23. The number of ether oxygens (including phenoxy) is 2. The molecular weight excluding hydrogens is 354 g/mol. The first kappa shape index (κ1) is 19.8. The number of nitrogens with zero attached hydrogens (tertiary/aromatic N) is 1. The molecule has 2 aromatic carbocycles. The molecule has 0 aliphatic rings. The minimum Gasteiger partial charge on any atom is -0.497 e. The van der Waals surface area contributed by atoms with Gasteiger partial charge in [0.25, 0.3) is 5.91 Å².